The normalized spacial score (nSPS) is 38.1. The smallest absolute Gasteiger partial charge is 0.309 e. The average Bonchev–Trinajstić information content (AvgIpc) is 2.74. The van der Waals surface area contributed by atoms with E-state index in [9.17, 15) is 9.90 Å². The zero-order valence-corrected chi connectivity index (χ0v) is 9.83. The molecule has 0 spiro atoms. The van der Waals surface area contributed by atoms with Crippen LogP contribution in [0, 0.1) is 23.2 Å². The predicted octanol–water partition coefficient (Wildman–Crippen LogP) is 3.31. The third-order valence-electron chi connectivity index (χ3n) is 4.27. The maximum Gasteiger partial charge on any atom is 0.309 e. The van der Waals surface area contributed by atoms with E-state index in [4.69, 9.17) is 0 Å². The molecular weight excluding hydrogens is 188 g/mol. The van der Waals surface area contributed by atoms with Crippen molar-refractivity contribution in [1.82, 2.24) is 0 Å². The second kappa shape index (κ2) is 3.80. The van der Waals surface area contributed by atoms with Gasteiger partial charge in [0.1, 0.15) is 0 Å². The first-order chi connectivity index (χ1) is 7.03. The fraction of sp³-hybridized carbons (Fsp3) is 0.923. The number of aliphatic carboxylic acids is 1. The molecule has 1 N–H and O–H groups in total. The third-order valence-corrected chi connectivity index (χ3v) is 4.27. The van der Waals surface area contributed by atoms with Gasteiger partial charge in [-0.3, -0.25) is 4.79 Å². The highest BCUT2D eigenvalue weighted by molar-refractivity contribution is 5.75. The van der Waals surface area contributed by atoms with Crippen LogP contribution in [0.15, 0.2) is 0 Å². The summed E-state index contributed by atoms with van der Waals surface area (Å²) in [5.41, 5.74) is -0.331. The minimum atomic E-state index is -0.529. The summed E-state index contributed by atoms with van der Waals surface area (Å²) >= 11 is 0. The molecule has 2 aliphatic carbocycles. The van der Waals surface area contributed by atoms with Crippen LogP contribution in [0.25, 0.3) is 0 Å². The summed E-state index contributed by atoms with van der Waals surface area (Å²) in [5.74, 6) is 1.70. The van der Waals surface area contributed by atoms with Crippen molar-refractivity contribution in [2.24, 2.45) is 23.2 Å². The number of hydrogen-bond donors (Lipinski definition) is 1. The molecule has 2 rings (SSSR count). The zero-order chi connectivity index (χ0) is 11.1. The Morgan fingerprint density at radius 1 is 1.40 bits per heavy atom. The van der Waals surface area contributed by atoms with E-state index in [1.807, 2.05) is 0 Å². The summed E-state index contributed by atoms with van der Waals surface area (Å²) in [4.78, 5) is 11.4. The molecule has 0 heterocycles. The summed E-state index contributed by atoms with van der Waals surface area (Å²) in [6, 6.07) is 0. The summed E-state index contributed by atoms with van der Waals surface area (Å²) in [5, 5.41) is 9.37. The standard InChI is InChI=1S/C13H22O2/c1-9(2)4-3-5-13(12(14)15)7-10-6-11(10)8-13/h9-11H,3-8H2,1-2H3,(H,14,15). The lowest BCUT2D eigenvalue weighted by molar-refractivity contribution is -0.149. The van der Waals surface area contributed by atoms with Gasteiger partial charge in [0.05, 0.1) is 5.41 Å². The Hall–Kier alpha value is -0.530. The van der Waals surface area contributed by atoms with E-state index in [1.54, 1.807) is 0 Å². The number of hydrogen-bond acceptors (Lipinski definition) is 1. The molecule has 2 unspecified atom stereocenters. The van der Waals surface area contributed by atoms with Crippen molar-refractivity contribution in [3.8, 4) is 0 Å². The monoisotopic (exact) mass is 210 g/mol. The maximum absolute atomic E-state index is 11.4. The topological polar surface area (TPSA) is 37.3 Å². The number of rotatable bonds is 5. The van der Waals surface area contributed by atoms with Gasteiger partial charge in [0.2, 0.25) is 0 Å². The Kier molecular flexibility index (Phi) is 2.78. The van der Waals surface area contributed by atoms with Crippen molar-refractivity contribution < 1.29 is 9.90 Å². The number of carboxylic acid groups (broad SMARTS) is 1. The Morgan fingerprint density at radius 2 is 2.00 bits per heavy atom. The Bertz CT molecular complexity index is 247. The summed E-state index contributed by atoms with van der Waals surface area (Å²) in [6.45, 7) is 4.42. The van der Waals surface area contributed by atoms with Gasteiger partial charge in [-0.2, -0.15) is 0 Å². The second-order valence-electron chi connectivity index (χ2n) is 6.04. The van der Waals surface area contributed by atoms with Crippen molar-refractivity contribution in [1.29, 1.82) is 0 Å². The molecule has 2 heteroatoms. The van der Waals surface area contributed by atoms with E-state index >= 15 is 0 Å². The molecule has 0 amide bonds. The van der Waals surface area contributed by atoms with Gasteiger partial charge in [0.15, 0.2) is 0 Å². The minimum absolute atomic E-state index is 0.331. The number of carboxylic acids is 1. The predicted molar refractivity (Wildman–Crippen MR) is 59.6 cm³/mol. The van der Waals surface area contributed by atoms with Gasteiger partial charge in [-0.05, 0) is 43.4 Å². The molecule has 15 heavy (non-hydrogen) atoms. The van der Waals surface area contributed by atoms with Crippen molar-refractivity contribution in [2.75, 3.05) is 0 Å². The van der Waals surface area contributed by atoms with E-state index < -0.39 is 5.97 Å². The van der Waals surface area contributed by atoms with E-state index in [-0.39, 0.29) is 5.41 Å². The first-order valence-corrected chi connectivity index (χ1v) is 6.27. The van der Waals surface area contributed by atoms with E-state index in [0.717, 1.165) is 37.5 Å². The molecule has 0 bridgehead atoms. The third kappa shape index (κ3) is 2.19. The van der Waals surface area contributed by atoms with Gasteiger partial charge >= 0.3 is 5.97 Å². The van der Waals surface area contributed by atoms with Crippen LogP contribution in [0.1, 0.15) is 52.4 Å². The van der Waals surface area contributed by atoms with Crippen LogP contribution < -0.4 is 0 Å². The lowest BCUT2D eigenvalue weighted by Crippen LogP contribution is -2.29. The second-order valence-corrected chi connectivity index (χ2v) is 6.04. The Labute approximate surface area is 92.1 Å². The van der Waals surface area contributed by atoms with E-state index in [0.29, 0.717) is 5.92 Å². The highest BCUT2D eigenvalue weighted by Crippen LogP contribution is 2.61. The molecule has 0 aromatic heterocycles. The van der Waals surface area contributed by atoms with Gasteiger partial charge in [-0.1, -0.05) is 26.7 Å². The van der Waals surface area contributed by atoms with E-state index in [1.165, 1.54) is 12.8 Å². The fourth-order valence-electron chi connectivity index (χ4n) is 3.23. The average molecular weight is 210 g/mol. The van der Waals surface area contributed by atoms with Crippen molar-refractivity contribution in [3.05, 3.63) is 0 Å². The van der Waals surface area contributed by atoms with Crippen LogP contribution in [-0.2, 0) is 4.79 Å². The quantitative estimate of drug-likeness (QED) is 0.755. The molecule has 86 valence electrons. The van der Waals surface area contributed by atoms with Gasteiger partial charge in [0, 0.05) is 0 Å². The summed E-state index contributed by atoms with van der Waals surface area (Å²) < 4.78 is 0. The molecule has 0 aromatic carbocycles. The zero-order valence-electron chi connectivity index (χ0n) is 9.83. The highest BCUT2D eigenvalue weighted by atomic mass is 16.4. The molecule has 0 aromatic rings. The summed E-state index contributed by atoms with van der Waals surface area (Å²) in [7, 11) is 0. The largest absolute Gasteiger partial charge is 0.481 e. The molecule has 2 aliphatic rings. The number of fused-ring (bicyclic) bond motifs is 1. The van der Waals surface area contributed by atoms with Gasteiger partial charge in [-0.15, -0.1) is 0 Å². The molecule has 2 nitrogen and oxygen atoms in total. The van der Waals surface area contributed by atoms with Crippen LogP contribution in [0.4, 0.5) is 0 Å². The maximum atomic E-state index is 11.4. The van der Waals surface area contributed by atoms with Gasteiger partial charge in [-0.25, -0.2) is 0 Å². The van der Waals surface area contributed by atoms with Crippen molar-refractivity contribution >= 4 is 5.97 Å². The highest BCUT2D eigenvalue weighted by Gasteiger charge is 2.56. The van der Waals surface area contributed by atoms with Crippen LogP contribution in [0.3, 0.4) is 0 Å². The van der Waals surface area contributed by atoms with Crippen LogP contribution in [0.5, 0.6) is 0 Å². The van der Waals surface area contributed by atoms with Crippen molar-refractivity contribution in [3.63, 3.8) is 0 Å². The lowest BCUT2D eigenvalue weighted by atomic mass is 9.78. The fourth-order valence-corrected chi connectivity index (χ4v) is 3.23. The molecule has 2 atom stereocenters. The van der Waals surface area contributed by atoms with Crippen molar-refractivity contribution in [2.45, 2.75) is 52.4 Å². The first-order valence-electron chi connectivity index (χ1n) is 6.27. The molecule has 0 saturated heterocycles. The molecular formula is C13H22O2. The Morgan fingerprint density at radius 3 is 2.47 bits per heavy atom. The lowest BCUT2D eigenvalue weighted by Gasteiger charge is -2.26. The summed E-state index contributed by atoms with van der Waals surface area (Å²) in [6.07, 6.45) is 6.40. The van der Waals surface area contributed by atoms with E-state index in [2.05, 4.69) is 13.8 Å². The van der Waals surface area contributed by atoms with Gasteiger partial charge in [0.25, 0.3) is 0 Å². The van der Waals surface area contributed by atoms with Crippen LogP contribution in [-0.4, -0.2) is 11.1 Å². The molecule has 2 fully saturated rings. The molecule has 0 radical (unpaired) electrons. The molecule has 2 saturated carbocycles. The number of carbonyl (C=O) groups is 1. The van der Waals surface area contributed by atoms with Crippen LogP contribution >= 0.6 is 0 Å². The SMILES string of the molecule is CC(C)CCCC1(C(=O)O)CC2CC2C1. The van der Waals surface area contributed by atoms with Crippen LogP contribution in [0.2, 0.25) is 0 Å². The Balaban J connectivity index is 1.87. The molecule has 0 aliphatic heterocycles. The first kappa shape index (κ1) is 11.0. The minimum Gasteiger partial charge on any atom is -0.481 e. The van der Waals surface area contributed by atoms with Gasteiger partial charge < -0.3 is 5.11 Å².